The Hall–Kier alpha value is -2.45. The number of nitro benzene ring substituents is 1. The fraction of sp³-hybridized carbons (Fsp3) is 0.235. The maximum absolute atomic E-state index is 12.8. The van der Waals surface area contributed by atoms with Gasteiger partial charge in [0, 0.05) is 24.7 Å². The number of hydrogen-bond acceptors (Lipinski definition) is 4. The van der Waals surface area contributed by atoms with Gasteiger partial charge in [-0.3, -0.25) is 10.1 Å². The molecule has 0 bridgehead atoms. The summed E-state index contributed by atoms with van der Waals surface area (Å²) >= 11 is 5.76. The number of hydrogen-bond donors (Lipinski definition) is 0. The number of rotatable bonds is 6. The molecule has 0 aromatic heterocycles. The topological polar surface area (TPSA) is 92.9 Å². The van der Waals surface area contributed by atoms with Crippen LogP contribution in [0.15, 0.2) is 57.8 Å². The van der Waals surface area contributed by atoms with E-state index >= 15 is 0 Å². The van der Waals surface area contributed by atoms with Crippen molar-refractivity contribution in [2.75, 3.05) is 13.1 Å². The highest BCUT2D eigenvalue weighted by Gasteiger charge is 2.22. The van der Waals surface area contributed by atoms with Crippen molar-refractivity contribution in [2.45, 2.75) is 18.7 Å². The Labute approximate surface area is 157 Å². The summed E-state index contributed by atoms with van der Waals surface area (Å²) in [6.45, 7) is 4.89. The fourth-order valence-electron chi connectivity index (χ4n) is 2.36. The largest absolute Gasteiger partial charge is 0.356 e. The molecule has 26 heavy (non-hydrogen) atoms. The van der Waals surface area contributed by atoms with Crippen LogP contribution in [0.25, 0.3) is 0 Å². The molecule has 7 nitrogen and oxygen atoms in total. The summed E-state index contributed by atoms with van der Waals surface area (Å²) in [6.07, 6.45) is 0. The summed E-state index contributed by atoms with van der Waals surface area (Å²) in [5.74, 6) is 0.285. The van der Waals surface area contributed by atoms with E-state index in [4.69, 9.17) is 11.6 Å². The maximum atomic E-state index is 12.8. The molecule has 0 aliphatic heterocycles. The Balaban J connectivity index is 2.61. The molecule has 0 aliphatic rings. The first-order chi connectivity index (χ1) is 12.3. The Kier molecular flexibility index (Phi) is 6.33. The first kappa shape index (κ1) is 19.9. The first-order valence-corrected chi connectivity index (χ1v) is 9.71. The Bertz CT molecular complexity index is 926. The van der Waals surface area contributed by atoms with Crippen LogP contribution < -0.4 is 0 Å². The zero-order valence-electron chi connectivity index (χ0n) is 14.3. The van der Waals surface area contributed by atoms with E-state index < -0.39 is 20.6 Å². The molecule has 2 rings (SSSR count). The molecule has 2 aromatic rings. The number of amidine groups is 1. The van der Waals surface area contributed by atoms with Gasteiger partial charge in [0.1, 0.15) is 10.9 Å². The van der Waals surface area contributed by atoms with Gasteiger partial charge in [-0.1, -0.05) is 41.9 Å². The molecule has 138 valence electrons. The van der Waals surface area contributed by atoms with Crippen LogP contribution in [0.4, 0.5) is 5.69 Å². The Morgan fingerprint density at radius 3 is 2.31 bits per heavy atom. The molecule has 0 N–H and O–H groups in total. The van der Waals surface area contributed by atoms with E-state index in [-0.39, 0.29) is 15.8 Å². The van der Waals surface area contributed by atoms with Gasteiger partial charge in [-0.2, -0.15) is 8.42 Å². The summed E-state index contributed by atoms with van der Waals surface area (Å²) in [5, 5.41) is 10.9. The summed E-state index contributed by atoms with van der Waals surface area (Å²) in [7, 11) is -4.16. The van der Waals surface area contributed by atoms with Crippen molar-refractivity contribution in [1.29, 1.82) is 0 Å². The molecular formula is C17H18ClN3O4S. The van der Waals surface area contributed by atoms with Gasteiger partial charge in [-0.15, -0.1) is 4.40 Å². The zero-order valence-corrected chi connectivity index (χ0v) is 15.9. The van der Waals surface area contributed by atoms with Crippen LogP contribution in [-0.4, -0.2) is 37.2 Å². The standard InChI is InChI=1S/C17H18ClN3O4S/c1-3-20(4-2)17(13-8-6-5-7-9-13)19-26(24,25)14-10-11-15(18)16(12-14)21(22)23/h5-12H,3-4H2,1-2H3. The number of benzene rings is 2. The van der Waals surface area contributed by atoms with Gasteiger partial charge in [0.05, 0.1) is 9.82 Å². The first-order valence-electron chi connectivity index (χ1n) is 7.89. The average Bonchev–Trinajstić information content (AvgIpc) is 2.62. The number of nitro groups is 1. The van der Waals surface area contributed by atoms with E-state index in [1.165, 1.54) is 12.1 Å². The minimum absolute atomic E-state index is 0.134. The van der Waals surface area contributed by atoms with E-state index in [0.29, 0.717) is 18.7 Å². The zero-order chi connectivity index (χ0) is 19.3. The molecule has 0 heterocycles. The van der Waals surface area contributed by atoms with Gasteiger partial charge in [-0.05, 0) is 26.0 Å². The molecule has 0 aliphatic carbocycles. The summed E-state index contributed by atoms with van der Waals surface area (Å²) in [5.41, 5.74) is 0.162. The molecule has 0 spiro atoms. The monoisotopic (exact) mass is 395 g/mol. The highest BCUT2D eigenvalue weighted by atomic mass is 35.5. The molecule has 0 fully saturated rings. The fourth-order valence-corrected chi connectivity index (χ4v) is 3.60. The number of sulfonamides is 1. The lowest BCUT2D eigenvalue weighted by Gasteiger charge is -2.23. The average molecular weight is 396 g/mol. The van der Waals surface area contributed by atoms with Gasteiger partial charge in [0.25, 0.3) is 15.7 Å². The summed E-state index contributed by atoms with van der Waals surface area (Å²) in [4.78, 5) is 11.8. The minimum Gasteiger partial charge on any atom is -0.356 e. The van der Waals surface area contributed by atoms with E-state index in [1.54, 1.807) is 29.2 Å². The lowest BCUT2D eigenvalue weighted by atomic mass is 10.2. The van der Waals surface area contributed by atoms with Crippen LogP contribution in [0.5, 0.6) is 0 Å². The summed E-state index contributed by atoms with van der Waals surface area (Å²) < 4.78 is 29.5. The molecular weight excluding hydrogens is 378 g/mol. The predicted molar refractivity (Wildman–Crippen MR) is 101 cm³/mol. The number of halogens is 1. The van der Waals surface area contributed by atoms with Crippen molar-refractivity contribution < 1.29 is 13.3 Å². The third kappa shape index (κ3) is 4.39. The number of nitrogens with zero attached hydrogens (tertiary/aromatic N) is 3. The van der Waals surface area contributed by atoms with E-state index in [0.717, 1.165) is 6.07 Å². The van der Waals surface area contributed by atoms with E-state index in [9.17, 15) is 18.5 Å². The normalized spacial score (nSPS) is 12.0. The summed E-state index contributed by atoms with van der Waals surface area (Å²) in [6, 6.07) is 12.2. The molecule has 0 saturated carbocycles. The second kappa shape index (κ2) is 8.29. The van der Waals surface area contributed by atoms with Crippen molar-refractivity contribution in [2.24, 2.45) is 4.40 Å². The molecule has 9 heteroatoms. The molecule has 0 radical (unpaired) electrons. The third-order valence-electron chi connectivity index (χ3n) is 3.71. The van der Waals surface area contributed by atoms with Crippen molar-refractivity contribution in [3.63, 3.8) is 0 Å². The molecule has 0 amide bonds. The second-order valence-corrected chi connectivity index (χ2v) is 7.31. The maximum Gasteiger partial charge on any atom is 0.289 e. The predicted octanol–water partition coefficient (Wildman–Crippen LogP) is 3.73. The third-order valence-corrected chi connectivity index (χ3v) is 5.30. The SMILES string of the molecule is CCN(CC)C(=NS(=O)(=O)c1ccc(Cl)c([N+](=O)[O-])c1)c1ccccc1. The molecule has 0 unspecified atom stereocenters. The van der Waals surface area contributed by atoms with Gasteiger partial charge in [-0.25, -0.2) is 0 Å². The van der Waals surface area contributed by atoms with Crippen LogP contribution in [-0.2, 0) is 10.0 Å². The van der Waals surface area contributed by atoms with Crippen LogP contribution in [0, 0.1) is 10.1 Å². The van der Waals surface area contributed by atoms with Crippen molar-refractivity contribution in [3.05, 3.63) is 69.2 Å². The van der Waals surface area contributed by atoms with Crippen LogP contribution >= 0.6 is 11.6 Å². The van der Waals surface area contributed by atoms with E-state index in [2.05, 4.69) is 4.40 Å². The van der Waals surface area contributed by atoms with Crippen molar-refractivity contribution in [1.82, 2.24) is 4.90 Å². The van der Waals surface area contributed by atoms with Crippen LogP contribution in [0.1, 0.15) is 19.4 Å². The lowest BCUT2D eigenvalue weighted by molar-refractivity contribution is -0.384. The molecule has 2 aromatic carbocycles. The molecule has 0 saturated heterocycles. The van der Waals surface area contributed by atoms with Gasteiger partial charge in [0.2, 0.25) is 0 Å². The van der Waals surface area contributed by atoms with Crippen LogP contribution in [0.3, 0.4) is 0 Å². The van der Waals surface area contributed by atoms with Gasteiger partial charge in [0.15, 0.2) is 0 Å². The van der Waals surface area contributed by atoms with Crippen LogP contribution in [0.2, 0.25) is 5.02 Å². The highest BCUT2D eigenvalue weighted by molar-refractivity contribution is 7.90. The Morgan fingerprint density at radius 2 is 1.77 bits per heavy atom. The molecule has 0 atom stereocenters. The smallest absolute Gasteiger partial charge is 0.289 e. The highest BCUT2D eigenvalue weighted by Crippen LogP contribution is 2.28. The Morgan fingerprint density at radius 1 is 1.15 bits per heavy atom. The van der Waals surface area contributed by atoms with E-state index in [1.807, 2.05) is 19.9 Å². The lowest BCUT2D eigenvalue weighted by Crippen LogP contribution is -2.32. The quantitative estimate of drug-likeness (QED) is 0.321. The van der Waals surface area contributed by atoms with Crippen molar-refractivity contribution >= 4 is 33.1 Å². The van der Waals surface area contributed by atoms with Gasteiger partial charge >= 0.3 is 0 Å². The van der Waals surface area contributed by atoms with Crippen molar-refractivity contribution in [3.8, 4) is 0 Å². The minimum atomic E-state index is -4.16. The van der Waals surface area contributed by atoms with Gasteiger partial charge < -0.3 is 4.90 Å². The second-order valence-electron chi connectivity index (χ2n) is 5.30.